The van der Waals surface area contributed by atoms with E-state index in [4.69, 9.17) is 0 Å². The predicted molar refractivity (Wildman–Crippen MR) is 326 cm³/mol. The number of hydrogen-bond acceptors (Lipinski definition) is 0. The van der Waals surface area contributed by atoms with Gasteiger partial charge in [0.2, 0.25) is 0 Å². The maximum atomic E-state index is 2.48. The van der Waals surface area contributed by atoms with Crippen LogP contribution in [0.5, 0.6) is 0 Å². The lowest BCUT2D eigenvalue weighted by Gasteiger charge is -2.34. The molecule has 0 atom stereocenters. The van der Waals surface area contributed by atoms with E-state index in [1.807, 2.05) is 0 Å². The van der Waals surface area contributed by atoms with Crippen molar-refractivity contribution in [2.75, 3.05) is 0 Å². The second kappa shape index (κ2) is 18.2. The van der Waals surface area contributed by atoms with Crippen LogP contribution in [0.2, 0.25) is 0 Å². The Morgan fingerprint density at radius 2 is 0.390 bits per heavy atom. The van der Waals surface area contributed by atoms with Gasteiger partial charge in [-0.25, -0.2) is 0 Å². The molecule has 1 aliphatic carbocycles. The van der Waals surface area contributed by atoms with Crippen LogP contribution in [0.3, 0.4) is 0 Å². The Hall–Kier alpha value is -9.88. The minimum Gasteiger partial charge on any atom is -0.0622 e. The minimum atomic E-state index is -0.574. The molecule has 0 amide bonds. The summed E-state index contributed by atoms with van der Waals surface area (Å²) in [7, 11) is 0. The quantitative estimate of drug-likeness (QED) is 0.133. The molecular weight excluding hydrogens is 925 g/mol. The molecule has 0 heteroatoms. The van der Waals surface area contributed by atoms with Gasteiger partial charge in [0.1, 0.15) is 0 Å². The van der Waals surface area contributed by atoms with E-state index >= 15 is 0 Å². The molecule has 14 aromatic rings. The molecule has 77 heavy (non-hydrogen) atoms. The van der Waals surface area contributed by atoms with Crippen LogP contribution in [0.15, 0.2) is 303 Å². The molecule has 0 heterocycles. The summed E-state index contributed by atoms with van der Waals surface area (Å²) in [6.45, 7) is 0. The maximum Gasteiger partial charge on any atom is 0.0713 e. The first kappa shape index (κ1) is 44.6. The van der Waals surface area contributed by atoms with Gasteiger partial charge in [-0.15, -0.1) is 0 Å². The minimum absolute atomic E-state index is 0.574. The molecule has 0 bridgehead atoms. The molecule has 0 spiro atoms. The zero-order valence-corrected chi connectivity index (χ0v) is 42.4. The monoisotopic (exact) mass is 974 g/mol. The van der Waals surface area contributed by atoms with Crippen molar-refractivity contribution in [3.05, 3.63) is 326 Å². The van der Waals surface area contributed by atoms with Gasteiger partial charge in [0.05, 0.1) is 5.41 Å². The van der Waals surface area contributed by atoms with Crippen LogP contribution in [0, 0.1) is 0 Å². The van der Waals surface area contributed by atoms with Crippen molar-refractivity contribution >= 4 is 43.1 Å². The molecule has 14 aromatic carbocycles. The summed E-state index contributed by atoms with van der Waals surface area (Å²) in [5.74, 6) is 0. The molecule has 0 N–H and O–H groups in total. The van der Waals surface area contributed by atoms with Crippen molar-refractivity contribution < 1.29 is 0 Å². The fourth-order valence-corrected chi connectivity index (χ4v) is 13.2. The predicted octanol–water partition coefficient (Wildman–Crippen LogP) is 20.7. The summed E-state index contributed by atoms with van der Waals surface area (Å²) < 4.78 is 0. The topological polar surface area (TPSA) is 0 Å². The fraction of sp³-hybridized carbons (Fsp3) is 0.0130. The fourth-order valence-electron chi connectivity index (χ4n) is 13.2. The van der Waals surface area contributed by atoms with Gasteiger partial charge in [0, 0.05) is 0 Å². The lowest BCUT2D eigenvalue weighted by molar-refractivity contribution is 0.769. The largest absolute Gasteiger partial charge is 0.0713 e. The van der Waals surface area contributed by atoms with Crippen molar-refractivity contribution in [2.45, 2.75) is 5.41 Å². The summed E-state index contributed by atoms with van der Waals surface area (Å²) in [4.78, 5) is 0. The van der Waals surface area contributed by atoms with Gasteiger partial charge in [-0.3, -0.25) is 0 Å². The van der Waals surface area contributed by atoms with Gasteiger partial charge in [-0.05, 0) is 155 Å². The number of hydrogen-bond donors (Lipinski definition) is 0. The molecule has 15 rings (SSSR count). The maximum absolute atomic E-state index is 2.48. The summed E-state index contributed by atoms with van der Waals surface area (Å²) >= 11 is 0. The van der Waals surface area contributed by atoms with Crippen LogP contribution in [0.1, 0.15) is 22.3 Å². The zero-order valence-electron chi connectivity index (χ0n) is 42.4. The lowest BCUT2D eigenvalue weighted by Crippen LogP contribution is -2.28. The van der Waals surface area contributed by atoms with E-state index in [1.165, 1.54) is 143 Å². The second-order valence-corrected chi connectivity index (χ2v) is 20.6. The molecule has 0 aromatic heterocycles. The summed E-state index contributed by atoms with van der Waals surface area (Å²) in [6.07, 6.45) is 0. The molecule has 0 saturated carbocycles. The molecule has 358 valence electrons. The van der Waals surface area contributed by atoms with Crippen molar-refractivity contribution in [2.24, 2.45) is 0 Å². The van der Waals surface area contributed by atoms with Crippen molar-refractivity contribution in [1.82, 2.24) is 0 Å². The van der Waals surface area contributed by atoms with Crippen LogP contribution in [0.25, 0.3) is 121 Å². The Bertz CT molecular complexity index is 4140. The Morgan fingerprint density at radius 1 is 0.169 bits per heavy atom. The van der Waals surface area contributed by atoms with E-state index < -0.39 is 5.41 Å². The van der Waals surface area contributed by atoms with Gasteiger partial charge in [0.15, 0.2) is 0 Å². The average Bonchev–Trinajstić information content (AvgIpc) is 3.94. The van der Waals surface area contributed by atoms with Crippen LogP contribution < -0.4 is 0 Å². The van der Waals surface area contributed by atoms with Gasteiger partial charge in [0.25, 0.3) is 0 Å². The van der Waals surface area contributed by atoms with Gasteiger partial charge >= 0.3 is 0 Å². The highest BCUT2D eigenvalue weighted by atomic mass is 14.5. The summed E-state index contributed by atoms with van der Waals surface area (Å²) in [6, 6.07) is 113. The van der Waals surface area contributed by atoms with Gasteiger partial charge < -0.3 is 0 Å². The first-order valence-corrected chi connectivity index (χ1v) is 26.8. The van der Waals surface area contributed by atoms with E-state index in [0.717, 1.165) is 0 Å². The molecule has 0 nitrogen and oxygen atoms in total. The van der Waals surface area contributed by atoms with Crippen LogP contribution in [0.4, 0.5) is 0 Å². The first-order chi connectivity index (χ1) is 38.2. The van der Waals surface area contributed by atoms with Gasteiger partial charge in [-0.1, -0.05) is 291 Å². The Kier molecular flexibility index (Phi) is 10.5. The second-order valence-electron chi connectivity index (χ2n) is 20.6. The molecule has 1 aliphatic rings. The Morgan fingerprint density at radius 3 is 0.675 bits per heavy atom. The van der Waals surface area contributed by atoms with Crippen molar-refractivity contribution in [3.63, 3.8) is 0 Å². The highest BCUT2D eigenvalue weighted by Crippen LogP contribution is 2.58. The Labute approximate surface area is 449 Å². The SMILES string of the molecule is c1ccc(-c2c3ccccc3c(-c3ccc(-c4ccc5c(c4)C(c4ccccc4)(c4ccccc4)c4cc(-c6ccc(-c7c8ccccc8c(-c8ccccc8)c8ccccc78)cc6)ccc4-5)cc3)c3ccccc23)cc1. The molecule has 0 saturated heterocycles. The van der Waals surface area contributed by atoms with E-state index in [1.54, 1.807) is 0 Å². The standard InChI is InChI=1S/C77H50/c1-5-21-53(22-6-1)73-63-29-13-17-33-67(63)75(68-34-18-14-30-64(68)73)55-41-37-51(38-42-55)57-45-47-61-62-48-46-58(50-72(62)77(71(61)49-57,59-25-9-3-10-26-59)60-27-11-4-12-28-60)52-39-43-56(44-40-52)76-69-35-19-15-31-65(69)74(54-23-7-2-8-24-54)66-32-16-20-36-70(66)76/h1-50H. The van der Waals surface area contributed by atoms with E-state index in [0.29, 0.717) is 0 Å². The normalized spacial score (nSPS) is 12.5. The molecule has 0 fully saturated rings. The van der Waals surface area contributed by atoms with Crippen LogP contribution in [-0.4, -0.2) is 0 Å². The zero-order chi connectivity index (χ0) is 50.9. The average molecular weight is 975 g/mol. The molecule has 0 unspecified atom stereocenters. The Balaban J connectivity index is 0.854. The third kappa shape index (κ3) is 7.07. The highest BCUT2D eigenvalue weighted by Gasteiger charge is 2.46. The van der Waals surface area contributed by atoms with Crippen molar-refractivity contribution in [1.29, 1.82) is 0 Å². The van der Waals surface area contributed by atoms with E-state index in [-0.39, 0.29) is 0 Å². The molecule has 0 radical (unpaired) electrons. The third-order valence-corrected chi connectivity index (χ3v) is 16.6. The van der Waals surface area contributed by atoms with Crippen LogP contribution in [-0.2, 0) is 5.41 Å². The summed E-state index contributed by atoms with van der Waals surface area (Å²) in [5.41, 5.74) is 21.8. The first-order valence-electron chi connectivity index (χ1n) is 26.8. The number of rotatable bonds is 8. The molecular formula is C77H50. The number of benzene rings is 14. The van der Waals surface area contributed by atoms with E-state index in [2.05, 4.69) is 303 Å². The highest BCUT2D eigenvalue weighted by molar-refractivity contribution is 6.23. The number of fused-ring (bicyclic) bond motifs is 7. The van der Waals surface area contributed by atoms with E-state index in [9.17, 15) is 0 Å². The van der Waals surface area contributed by atoms with Crippen LogP contribution >= 0.6 is 0 Å². The molecule has 0 aliphatic heterocycles. The van der Waals surface area contributed by atoms with Crippen molar-refractivity contribution in [3.8, 4) is 77.9 Å². The van der Waals surface area contributed by atoms with Gasteiger partial charge in [-0.2, -0.15) is 0 Å². The smallest absolute Gasteiger partial charge is 0.0622 e. The third-order valence-electron chi connectivity index (χ3n) is 16.6. The lowest BCUT2D eigenvalue weighted by atomic mass is 9.67. The summed E-state index contributed by atoms with van der Waals surface area (Å²) in [5, 5.41) is 10.1.